The van der Waals surface area contributed by atoms with Crippen molar-refractivity contribution in [2.24, 2.45) is 0 Å². The van der Waals surface area contributed by atoms with Crippen molar-refractivity contribution in [3.8, 4) is 0 Å². The minimum atomic E-state index is -3.58. The molecule has 0 aliphatic carbocycles. The van der Waals surface area contributed by atoms with Crippen molar-refractivity contribution in [2.45, 2.75) is 24.8 Å². The summed E-state index contributed by atoms with van der Waals surface area (Å²) in [6.07, 6.45) is 1.33. The molecule has 1 unspecified atom stereocenters. The minimum absolute atomic E-state index is 0.195. The first kappa shape index (κ1) is 15.0. The average Bonchev–Trinajstić information content (AvgIpc) is 2.85. The number of nitrogens with one attached hydrogen (secondary N) is 1. The lowest BCUT2D eigenvalue weighted by molar-refractivity contribution is 0.398. The number of hydrogen-bond donors (Lipinski definition) is 1. The van der Waals surface area contributed by atoms with E-state index in [1.165, 1.54) is 10.5 Å². The molecule has 1 aromatic carbocycles. The van der Waals surface area contributed by atoms with Crippen LogP contribution in [0.25, 0.3) is 0 Å². The van der Waals surface area contributed by atoms with Gasteiger partial charge in [-0.25, -0.2) is 8.42 Å². The van der Waals surface area contributed by atoms with E-state index >= 15 is 0 Å². The number of sulfonamides is 1. The number of aryl methyl sites for hydroxylation is 1. The van der Waals surface area contributed by atoms with E-state index in [0.29, 0.717) is 10.7 Å². The molecule has 7 heteroatoms. The lowest BCUT2D eigenvalue weighted by atomic mass is 10.1. The van der Waals surface area contributed by atoms with Gasteiger partial charge in [0.2, 0.25) is 10.0 Å². The second-order valence-corrected chi connectivity index (χ2v) is 7.01. The summed E-state index contributed by atoms with van der Waals surface area (Å²) in [7, 11) is -2.02. The zero-order valence-corrected chi connectivity index (χ0v) is 13.0. The molecule has 0 saturated carbocycles. The highest BCUT2D eigenvalue weighted by molar-refractivity contribution is 7.89. The van der Waals surface area contributed by atoms with Crippen LogP contribution in [-0.4, -0.2) is 30.0 Å². The van der Waals surface area contributed by atoms with Gasteiger partial charge < -0.3 is 0 Å². The first-order chi connectivity index (χ1) is 9.34. The molecule has 2 rings (SSSR count). The van der Waals surface area contributed by atoms with Crippen LogP contribution in [-0.2, 0) is 10.0 Å². The molecule has 0 spiro atoms. The topological polar surface area (TPSA) is 66.1 Å². The van der Waals surface area contributed by atoms with Gasteiger partial charge in [-0.1, -0.05) is 23.7 Å². The zero-order valence-electron chi connectivity index (χ0n) is 11.5. The largest absolute Gasteiger partial charge is 0.281 e. The lowest BCUT2D eigenvalue weighted by Gasteiger charge is -2.24. The van der Waals surface area contributed by atoms with Crippen LogP contribution in [0, 0.1) is 6.92 Å². The van der Waals surface area contributed by atoms with Gasteiger partial charge >= 0.3 is 0 Å². The highest BCUT2D eigenvalue weighted by atomic mass is 35.5. The Morgan fingerprint density at radius 2 is 1.90 bits per heavy atom. The Balaban J connectivity index is 2.33. The maximum absolute atomic E-state index is 12.5. The van der Waals surface area contributed by atoms with Gasteiger partial charge in [-0.15, -0.1) is 0 Å². The summed E-state index contributed by atoms with van der Waals surface area (Å²) < 4.78 is 26.4. The Kier molecular flexibility index (Phi) is 4.17. The van der Waals surface area contributed by atoms with Crippen molar-refractivity contribution in [1.29, 1.82) is 0 Å². The van der Waals surface area contributed by atoms with E-state index in [9.17, 15) is 8.42 Å². The third-order valence-electron chi connectivity index (χ3n) is 3.34. The number of aromatic amines is 1. The summed E-state index contributed by atoms with van der Waals surface area (Å²) in [5.74, 6) is 0. The van der Waals surface area contributed by atoms with Gasteiger partial charge in [-0.3, -0.25) is 5.10 Å². The molecule has 0 aliphatic heterocycles. The molecule has 0 amide bonds. The molecule has 0 fully saturated rings. The van der Waals surface area contributed by atoms with Crippen LogP contribution in [0.2, 0.25) is 5.02 Å². The molecule has 108 valence electrons. The molecule has 20 heavy (non-hydrogen) atoms. The third kappa shape index (κ3) is 2.72. The van der Waals surface area contributed by atoms with Gasteiger partial charge in [-0.2, -0.15) is 9.40 Å². The van der Waals surface area contributed by atoms with Gasteiger partial charge in [0.15, 0.2) is 0 Å². The monoisotopic (exact) mass is 313 g/mol. The predicted molar refractivity (Wildman–Crippen MR) is 78.1 cm³/mol. The average molecular weight is 314 g/mol. The molecule has 2 aromatic rings. The summed E-state index contributed by atoms with van der Waals surface area (Å²) in [4.78, 5) is 0.195. The fraction of sp³-hybridized carbons (Fsp3) is 0.308. The summed E-state index contributed by atoms with van der Waals surface area (Å²) >= 11 is 5.84. The van der Waals surface area contributed by atoms with E-state index in [2.05, 4.69) is 10.2 Å². The number of halogens is 1. The van der Waals surface area contributed by atoms with Gasteiger partial charge in [0, 0.05) is 18.1 Å². The molecule has 5 nitrogen and oxygen atoms in total. The molecule has 0 aliphatic rings. The molecule has 0 radical (unpaired) electrons. The second kappa shape index (κ2) is 5.55. The van der Waals surface area contributed by atoms with Crippen LogP contribution in [0.15, 0.2) is 35.4 Å². The number of H-pyrrole nitrogens is 1. The Morgan fingerprint density at radius 3 is 2.40 bits per heavy atom. The Hall–Kier alpha value is -1.37. The smallest absolute Gasteiger partial charge is 0.246 e. The predicted octanol–water partition coefficient (Wildman–Crippen LogP) is 2.75. The SMILES string of the molecule is Cc1[nH]ncc1S(=O)(=O)N(C)C(C)c1ccc(Cl)cc1. The molecule has 0 bridgehead atoms. The van der Waals surface area contributed by atoms with E-state index in [4.69, 9.17) is 11.6 Å². The fourth-order valence-corrected chi connectivity index (χ4v) is 3.51. The minimum Gasteiger partial charge on any atom is -0.281 e. The maximum Gasteiger partial charge on any atom is 0.246 e. The van der Waals surface area contributed by atoms with Gasteiger partial charge in [0.25, 0.3) is 0 Å². The van der Waals surface area contributed by atoms with E-state index in [0.717, 1.165) is 5.56 Å². The van der Waals surface area contributed by atoms with Gasteiger partial charge in [-0.05, 0) is 31.5 Å². The molecule has 1 N–H and O–H groups in total. The second-order valence-electron chi connectivity index (χ2n) is 4.61. The quantitative estimate of drug-likeness (QED) is 0.944. The van der Waals surface area contributed by atoms with Crippen molar-refractivity contribution in [3.05, 3.63) is 46.7 Å². The third-order valence-corrected chi connectivity index (χ3v) is 5.63. The molecule has 1 heterocycles. The fourth-order valence-electron chi connectivity index (χ4n) is 1.91. The molecular weight excluding hydrogens is 298 g/mol. The van der Waals surface area contributed by atoms with Crippen molar-refractivity contribution >= 4 is 21.6 Å². The van der Waals surface area contributed by atoms with E-state index in [1.54, 1.807) is 26.1 Å². The van der Waals surface area contributed by atoms with Crippen LogP contribution in [0.3, 0.4) is 0 Å². The zero-order chi connectivity index (χ0) is 14.9. The van der Waals surface area contributed by atoms with Gasteiger partial charge in [0.1, 0.15) is 4.90 Å². The van der Waals surface area contributed by atoms with Crippen LogP contribution >= 0.6 is 11.6 Å². The van der Waals surface area contributed by atoms with Crippen LogP contribution in [0.1, 0.15) is 24.2 Å². The molecule has 1 atom stereocenters. The van der Waals surface area contributed by atoms with Crippen molar-refractivity contribution in [1.82, 2.24) is 14.5 Å². The van der Waals surface area contributed by atoms with E-state index in [-0.39, 0.29) is 10.9 Å². The Labute approximate surface area is 123 Å². The number of benzene rings is 1. The Bertz CT molecular complexity index is 695. The van der Waals surface area contributed by atoms with Crippen molar-refractivity contribution < 1.29 is 8.42 Å². The standard InChI is InChI=1S/C13H16ClN3O2S/c1-9-13(8-15-16-9)20(18,19)17(3)10(2)11-4-6-12(14)7-5-11/h4-8,10H,1-3H3,(H,15,16). The Morgan fingerprint density at radius 1 is 1.30 bits per heavy atom. The highest BCUT2D eigenvalue weighted by Crippen LogP contribution is 2.27. The molecule has 0 saturated heterocycles. The highest BCUT2D eigenvalue weighted by Gasteiger charge is 2.28. The normalized spacial score (nSPS) is 13.7. The molecule has 1 aromatic heterocycles. The van der Waals surface area contributed by atoms with Crippen LogP contribution in [0.4, 0.5) is 0 Å². The maximum atomic E-state index is 12.5. The van der Waals surface area contributed by atoms with Crippen molar-refractivity contribution in [2.75, 3.05) is 7.05 Å². The summed E-state index contributed by atoms with van der Waals surface area (Å²) in [6.45, 7) is 3.51. The first-order valence-electron chi connectivity index (χ1n) is 6.07. The summed E-state index contributed by atoms with van der Waals surface area (Å²) in [5.41, 5.74) is 1.40. The lowest BCUT2D eigenvalue weighted by Crippen LogP contribution is -2.30. The summed E-state index contributed by atoms with van der Waals surface area (Å²) in [6, 6.07) is 6.84. The number of aromatic nitrogens is 2. The van der Waals surface area contributed by atoms with Crippen LogP contribution in [0.5, 0.6) is 0 Å². The molecular formula is C13H16ClN3O2S. The van der Waals surface area contributed by atoms with E-state index < -0.39 is 10.0 Å². The van der Waals surface area contributed by atoms with Crippen molar-refractivity contribution in [3.63, 3.8) is 0 Å². The number of rotatable bonds is 4. The van der Waals surface area contributed by atoms with Gasteiger partial charge in [0.05, 0.1) is 11.9 Å². The van der Waals surface area contributed by atoms with Crippen LogP contribution < -0.4 is 0 Å². The first-order valence-corrected chi connectivity index (χ1v) is 7.89. The van der Waals surface area contributed by atoms with E-state index in [1.807, 2.05) is 19.1 Å². The number of nitrogens with zero attached hydrogens (tertiary/aromatic N) is 2. The summed E-state index contributed by atoms with van der Waals surface area (Å²) in [5, 5.41) is 7.03. The number of hydrogen-bond acceptors (Lipinski definition) is 3.